The molecule has 5 nitrogen and oxygen atoms in total. The van der Waals surface area contributed by atoms with Crippen LogP contribution in [0.1, 0.15) is 12.8 Å². The fraction of sp³-hybridized carbons (Fsp3) is 0.333. The molecule has 0 atom stereocenters. The third-order valence-electron chi connectivity index (χ3n) is 2.57. The Morgan fingerprint density at radius 1 is 1.12 bits per heavy atom. The van der Waals surface area contributed by atoms with E-state index >= 15 is 0 Å². The fourth-order valence-corrected chi connectivity index (χ4v) is 1.44. The van der Waals surface area contributed by atoms with E-state index < -0.39 is 0 Å². The SMILES string of the molecule is NCC(=O)Nc1ccc(NC(=O)C2CC2)cc1. The highest BCUT2D eigenvalue weighted by Crippen LogP contribution is 2.30. The van der Waals surface area contributed by atoms with Gasteiger partial charge >= 0.3 is 0 Å². The molecule has 1 aliphatic rings. The molecule has 90 valence electrons. The number of anilines is 2. The van der Waals surface area contributed by atoms with Crippen molar-refractivity contribution in [1.82, 2.24) is 0 Å². The van der Waals surface area contributed by atoms with Crippen LogP contribution in [0.15, 0.2) is 24.3 Å². The third kappa shape index (κ3) is 3.29. The Hall–Kier alpha value is -1.88. The molecule has 1 aromatic rings. The summed E-state index contributed by atoms with van der Waals surface area (Å²) >= 11 is 0. The van der Waals surface area contributed by atoms with Gasteiger partial charge in [-0.2, -0.15) is 0 Å². The van der Waals surface area contributed by atoms with Gasteiger partial charge < -0.3 is 16.4 Å². The summed E-state index contributed by atoms with van der Waals surface area (Å²) in [7, 11) is 0. The number of amides is 2. The first kappa shape index (κ1) is 11.6. The molecule has 0 spiro atoms. The molecule has 0 aliphatic heterocycles. The van der Waals surface area contributed by atoms with E-state index in [0.29, 0.717) is 5.69 Å². The molecule has 17 heavy (non-hydrogen) atoms. The number of nitrogens with two attached hydrogens (primary N) is 1. The number of hydrogen-bond acceptors (Lipinski definition) is 3. The molecule has 2 rings (SSSR count). The van der Waals surface area contributed by atoms with E-state index in [-0.39, 0.29) is 24.3 Å². The van der Waals surface area contributed by atoms with Crippen LogP contribution in [-0.4, -0.2) is 18.4 Å². The van der Waals surface area contributed by atoms with Crippen molar-refractivity contribution in [2.45, 2.75) is 12.8 Å². The van der Waals surface area contributed by atoms with Crippen molar-refractivity contribution in [1.29, 1.82) is 0 Å². The van der Waals surface area contributed by atoms with Crippen LogP contribution in [0, 0.1) is 5.92 Å². The van der Waals surface area contributed by atoms with Gasteiger partial charge in [-0.05, 0) is 37.1 Å². The second kappa shape index (κ2) is 4.97. The van der Waals surface area contributed by atoms with Gasteiger partial charge in [-0.25, -0.2) is 0 Å². The van der Waals surface area contributed by atoms with E-state index in [2.05, 4.69) is 10.6 Å². The Morgan fingerprint density at radius 3 is 2.12 bits per heavy atom. The molecule has 1 aliphatic carbocycles. The van der Waals surface area contributed by atoms with Crippen LogP contribution in [0.3, 0.4) is 0 Å². The highest BCUT2D eigenvalue weighted by atomic mass is 16.2. The van der Waals surface area contributed by atoms with Crippen molar-refractivity contribution in [3.63, 3.8) is 0 Å². The highest BCUT2D eigenvalue weighted by molar-refractivity contribution is 5.95. The summed E-state index contributed by atoms with van der Waals surface area (Å²) in [5.74, 6) is 0.0233. The zero-order valence-corrected chi connectivity index (χ0v) is 9.40. The molecular formula is C12H15N3O2. The lowest BCUT2D eigenvalue weighted by atomic mass is 10.2. The molecule has 1 saturated carbocycles. The molecule has 4 N–H and O–H groups in total. The lowest BCUT2D eigenvalue weighted by molar-refractivity contribution is -0.117. The van der Waals surface area contributed by atoms with Gasteiger partial charge in [0.05, 0.1) is 6.54 Å². The zero-order valence-electron chi connectivity index (χ0n) is 9.40. The van der Waals surface area contributed by atoms with E-state index in [1.807, 2.05) is 0 Å². The summed E-state index contributed by atoms with van der Waals surface area (Å²) in [4.78, 5) is 22.5. The van der Waals surface area contributed by atoms with Crippen LogP contribution in [0.4, 0.5) is 11.4 Å². The summed E-state index contributed by atoms with van der Waals surface area (Å²) in [5, 5.41) is 5.45. The largest absolute Gasteiger partial charge is 0.326 e. The fourth-order valence-electron chi connectivity index (χ4n) is 1.44. The maximum atomic E-state index is 11.5. The predicted octanol–water partition coefficient (Wildman–Crippen LogP) is 0.932. The average molecular weight is 233 g/mol. The Bertz CT molecular complexity index is 424. The Morgan fingerprint density at radius 2 is 1.65 bits per heavy atom. The van der Waals surface area contributed by atoms with Crippen LogP contribution in [0.5, 0.6) is 0 Å². The van der Waals surface area contributed by atoms with Gasteiger partial charge in [0, 0.05) is 17.3 Å². The minimum atomic E-state index is -0.236. The number of rotatable bonds is 4. The van der Waals surface area contributed by atoms with Gasteiger partial charge in [-0.15, -0.1) is 0 Å². The highest BCUT2D eigenvalue weighted by Gasteiger charge is 2.29. The van der Waals surface area contributed by atoms with Crippen molar-refractivity contribution >= 4 is 23.2 Å². The molecule has 0 bridgehead atoms. The Kier molecular flexibility index (Phi) is 3.39. The molecule has 5 heteroatoms. The molecule has 1 fully saturated rings. The van der Waals surface area contributed by atoms with E-state index in [0.717, 1.165) is 18.5 Å². The Balaban J connectivity index is 1.92. The maximum Gasteiger partial charge on any atom is 0.238 e. The maximum absolute atomic E-state index is 11.5. The van der Waals surface area contributed by atoms with Crippen molar-refractivity contribution in [2.24, 2.45) is 11.7 Å². The van der Waals surface area contributed by atoms with Crippen LogP contribution in [0.25, 0.3) is 0 Å². The molecule has 0 heterocycles. The second-order valence-corrected chi connectivity index (χ2v) is 4.09. The molecule has 0 radical (unpaired) electrons. The van der Waals surface area contributed by atoms with Crippen molar-refractivity contribution in [3.05, 3.63) is 24.3 Å². The van der Waals surface area contributed by atoms with Crippen molar-refractivity contribution in [2.75, 3.05) is 17.2 Å². The third-order valence-corrected chi connectivity index (χ3v) is 2.57. The normalized spacial score (nSPS) is 14.2. The number of carbonyl (C=O) groups is 2. The number of nitrogens with one attached hydrogen (secondary N) is 2. The summed E-state index contributed by atoms with van der Waals surface area (Å²) in [6.45, 7) is -0.0415. The molecule has 0 unspecified atom stereocenters. The smallest absolute Gasteiger partial charge is 0.238 e. The van der Waals surface area contributed by atoms with Gasteiger partial charge in [-0.1, -0.05) is 0 Å². The minimum Gasteiger partial charge on any atom is -0.326 e. The van der Waals surface area contributed by atoms with Crippen LogP contribution >= 0.6 is 0 Å². The summed E-state index contributed by atoms with van der Waals surface area (Å²) < 4.78 is 0. The summed E-state index contributed by atoms with van der Waals surface area (Å²) in [5.41, 5.74) is 6.60. The van der Waals surface area contributed by atoms with Crippen molar-refractivity contribution in [3.8, 4) is 0 Å². The average Bonchev–Trinajstić information content (AvgIpc) is 3.15. The number of carbonyl (C=O) groups excluding carboxylic acids is 2. The van der Waals surface area contributed by atoms with Gasteiger partial charge in [0.15, 0.2) is 0 Å². The number of benzene rings is 1. The Labute approximate surface area is 99.4 Å². The quantitative estimate of drug-likeness (QED) is 0.723. The van der Waals surface area contributed by atoms with Gasteiger partial charge in [-0.3, -0.25) is 9.59 Å². The standard InChI is InChI=1S/C12H15N3O2/c13-7-11(16)14-9-3-5-10(6-4-9)15-12(17)8-1-2-8/h3-6,8H,1-2,7,13H2,(H,14,16)(H,15,17). The van der Waals surface area contributed by atoms with E-state index in [9.17, 15) is 9.59 Å². The first-order valence-electron chi connectivity index (χ1n) is 5.60. The molecular weight excluding hydrogens is 218 g/mol. The summed E-state index contributed by atoms with van der Waals surface area (Å²) in [6.07, 6.45) is 1.97. The molecule has 0 saturated heterocycles. The first-order chi connectivity index (χ1) is 8.19. The lowest BCUT2D eigenvalue weighted by Gasteiger charge is -2.06. The van der Waals surface area contributed by atoms with E-state index in [4.69, 9.17) is 5.73 Å². The molecule has 0 aromatic heterocycles. The van der Waals surface area contributed by atoms with Crippen LogP contribution in [0.2, 0.25) is 0 Å². The van der Waals surface area contributed by atoms with Crippen molar-refractivity contribution < 1.29 is 9.59 Å². The topological polar surface area (TPSA) is 84.2 Å². The van der Waals surface area contributed by atoms with E-state index in [1.165, 1.54) is 0 Å². The van der Waals surface area contributed by atoms with Gasteiger partial charge in [0.2, 0.25) is 11.8 Å². The molecule has 2 amide bonds. The van der Waals surface area contributed by atoms with Crippen LogP contribution in [-0.2, 0) is 9.59 Å². The first-order valence-corrected chi connectivity index (χ1v) is 5.60. The minimum absolute atomic E-state index is 0.0415. The monoisotopic (exact) mass is 233 g/mol. The van der Waals surface area contributed by atoms with Crippen LogP contribution < -0.4 is 16.4 Å². The molecule has 1 aromatic carbocycles. The van der Waals surface area contributed by atoms with Gasteiger partial charge in [0.25, 0.3) is 0 Å². The zero-order chi connectivity index (χ0) is 12.3. The summed E-state index contributed by atoms with van der Waals surface area (Å²) in [6, 6.07) is 6.98. The second-order valence-electron chi connectivity index (χ2n) is 4.09. The lowest BCUT2D eigenvalue weighted by Crippen LogP contribution is -2.21. The number of hydrogen-bond donors (Lipinski definition) is 3. The predicted molar refractivity (Wildman–Crippen MR) is 65.5 cm³/mol. The van der Waals surface area contributed by atoms with Gasteiger partial charge in [0.1, 0.15) is 0 Å². The van der Waals surface area contributed by atoms with E-state index in [1.54, 1.807) is 24.3 Å².